The second-order valence-electron chi connectivity index (χ2n) is 7.92. The lowest BCUT2D eigenvalue weighted by Gasteiger charge is -2.18. The van der Waals surface area contributed by atoms with Crippen molar-refractivity contribution in [3.63, 3.8) is 0 Å². The van der Waals surface area contributed by atoms with E-state index < -0.39 is 6.04 Å². The summed E-state index contributed by atoms with van der Waals surface area (Å²) >= 11 is 0. The number of ether oxygens (including phenoxy) is 1. The van der Waals surface area contributed by atoms with Crippen LogP contribution in [0.5, 0.6) is 5.75 Å². The topological polar surface area (TPSA) is 84.1 Å². The summed E-state index contributed by atoms with van der Waals surface area (Å²) in [6.45, 7) is 2.61. The molecule has 0 aliphatic carbocycles. The Morgan fingerprint density at radius 1 is 1.27 bits per heavy atom. The molecule has 4 rings (SSSR count). The number of amides is 1. The van der Waals surface area contributed by atoms with Crippen LogP contribution in [0.15, 0.2) is 65.1 Å². The van der Waals surface area contributed by atoms with E-state index in [1.165, 1.54) is 0 Å². The van der Waals surface area contributed by atoms with Crippen LogP contribution in [-0.2, 0) is 11.2 Å². The normalized spacial score (nSPS) is 16.6. The molecule has 8 nitrogen and oxygen atoms in total. The number of likely N-dealkylation sites (N-methyl/N-ethyl adjacent to an activating group) is 1. The smallest absolute Gasteiger partial charge is 0.251 e. The molecule has 0 saturated carbocycles. The molecule has 1 aromatic heterocycles. The van der Waals surface area contributed by atoms with E-state index >= 15 is 0 Å². The van der Waals surface area contributed by atoms with Crippen molar-refractivity contribution < 1.29 is 9.53 Å². The van der Waals surface area contributed by atoms with Crippen LogP contribution in [0.2, 0.25) is 0 Å². The van der Waals surface area contributed by atoms with Crippen molar-refractivity contribution in [3.8, 4) is 11.4 Å². The van der Waals surface area contributed by atoms with Crippen LogP contribution in [-0.4, -0.2) is 60.0 Å². The van der Waals surface area contributed by atoms with Gasteiger partial charge in [-0.25, -0.2) is 4.98 Å². The number of aliphatic imine (C=N–C) groups is 1. The quantitative estimate of drug-likeness (QED) is 0.468. The van der Waals surface area contributed by atoms with Gasteiger partial charge in [0.25, 0.3) is 5.91 Å². The van der Waals surface area contributed by atoms with Crippen molar-refractivity contribution in [2.75, 3.05) is 27.7 Å². The van der Waals surface area contributed by atoms with Crippen LogP contribution in [0.1, 0.15) is 28.4 Å². The fraction of sp³-hybridized carbons (Fsp3) is 0.280. The molecular formula is C25H28N6O2. The van der Waals surface area contributed by atoms with E-state index in [2.05, 4.69) is 21.6 Å². The lowest BCUT2D eigenvalue weighted by Crippen LogP contribution is -2.30. The summed E-state index contributed by atoms with van der Waals surface area (Å²) in [6.07, 6.45) is 6.16. The molecule has 0 saturated heterocycles. The fourth-order valence-corrected chi connectivity index (χ4v) is 3.95. The molecule has 1 aliphatic heterocycles. The fourth-order valence-electron chi connectivity index (χ4n) is 3.95. The minimum Gasteiger partial charge on any atom is -0.495 e. The molecule has 1 atom stereocenters. The molecule has 1 N–H and O–H groups in total. The van der Waals surface area contributed by atoms with Gasteiger partial charge in [-0.2, -0.15) is 5.10 Å². The first-order valence-corrected chi connectivity index (χ1v) is 10.8. The number of nitrogens with one attached hydrogen (secondary N) is 1. The number of hydrogen-bond donors (Lipinski definition) is 1. The first-order chi connectivity index (χ1) is 16.0. The summed E-state index contributed by atoms with van der Waals surface area (Å²) in [5, 5.41) is 4.40. The van der Waals surface area contributed by atoms with E-state index in [9.17, 15) is 4.79 Å². The zero-order valence-corrected chi connectivity index (χ0v) is 19.3. The first-order valence-electron chi connectivity index (χ1n) is 10.8. The number of rotatable bonds is 6. The van der Waals surface area contributed by atoms with Gasteiger partial charge in [0.05, 0.1) is 31.0 Å². The summed E-state index contributed by atoms with van der Waals surface area (Å²) in [6, 6.07) is 13.2. The minimum absolute atomic E-state index is 0.0246. The number of hydrazone groups is 1. The highest BCUT2D eigenvalue weighted by atomic mass is 16.5. The van der Waals surface area contributed by atoms with Crippen LogP contribution in [0, 0.1) is 6.92 Å². The third-order valence-electron chi connectivity index (χ3n) is 5.72. The van der Waals surface area contributed by atoms with Gasteiger partial charge in [0.15, 0.2) is 6.04 Å². The Hall–Kier alpha value is -3.94. The van der Waals surface area contributed by atoms with Crippen LogP contribution in [0.25, 0.3) is 5.69 Å². The number of methoxy groups -OCH3 is 1. The SMILES string of the molecule is CNN=C(C=NC1C(=O)N(C)CCc2ccccc21)c1ccc(-n2cnc(C)c2)c(OC)c1. The molecule has 0 bridgehead atoms. The Bertz CT molecular complexity index is 1210. The van der Waals surface area contributed by atoms with Gasteiger partial charge in [-0.3, -0.25) is 9.79 Å². The third-order valence-corrected chi connectivity index (χ3v) is 5.72. The van der Waals surface area contributed by atoms with Gasteiger partial charge in [0, 0.05) is 32.4 Å². The molecular weight excluding hydrogens is 416 g/mol. The van der Waals surface area contributed by atoms with Crippen molar-refractivity contribution in [2.24, 2.45) is 10.1 Å². The Morgan fingerprint density at radius 2 is 2.09 bits per heavy atom. The Kier molecular flexibility index (Phi) is 6.53. The zero-order valence-electron chi connectivity index (χ0n) is 19.3. The van der Waals surface area contributed by atoms with Gasteiger partial charge in [0.1, 0.15) is 11.5 Å². The highest BCUT2D eigenvalue weighted by Gasteiger charge is 2.28. The molecule has 1 unspecified atom stereocenters. The summed E-state index contributed by atoms with van der Waals surface area (Å²) in [5.74, 6) is 0.654. The number of benzene rings is 2. The highest BCUT2D eigenvalue weighted by molar-refractivity contribution is 6.38. The number of aryl methyl sites for hydroxylation is 1. The molecule has 0 fully saturated rings. The molecule has 3 aromatic rings. The second-order valence-corrected chi connectivity index (χ2v) is 7.92. The lowest BCUT2D eigenvalue weighted by molar-refractivity contribution is -0.131. The van der Waals surface area contributed by atoms with E-state index in [1.807, 2.05) is 61.1 Å². The average Bonchev–Trinajstić information content (AvgIpc) is 3.23. The molecule has 1 aliphatic rings. The van der Waals surface area contributed by atoms with Gasteiger partial charge in [0.2, 0.25) is 0 Å². The largest absolute Gasteiger partial charge is 0.495 e. The maximum absolute atomic E-state index is 13.0. The third kappa shape index (κ3) is 4.64. The predicted octanol–water partition coefficient (Wildman–Crippen LogP) is 2.94. The molecule has 8 heteroatoms. The van der Waals surface area contributed by atoms with Crippen molar-refractivity contribution in [3.05, 3.63) is 77.4 Å². The van der Waals surface area contributed by atoms with Gasteiger partial charge in [-0.1, -0.05) is 30.3 Å². The minimum atomic E-state index is -0.606. The summed E-state index contributed by atoms with van der Waals surface area (Å²) < 4.78 is 7.55. The predicted molar refractivity (Wildman–Crippen MR) is 129 cm³/mol. The standard InChI is InChI=1S/C25H28N6O2/c1-17-15-31(16-28-17)22-10-9-19(13-23(22)33-4)21(29-26-2)14-27-24-20-8-6-5-7-18(20)11-12-30(3)25(24)32/h5-10,13-16,24,26H,11-12H2,1-4H3. The molecule has 2 aromatic carbocycles. The Balaban J connectivity index is 1.70. The monoisotopic (exact) mass is 444 g/mol. The average molecular weight is 445 g/mol. The van der Waals surface area contributed by atoms with E-state index in [0.29, 0.717) is 18.0 Å². The van der Waals surface area contributed by atoms with E-state index in [4.69, 9.17) is 9.73 Å². The van der Waals surface area contributed by atoms with E-state index in [-0.39, 0.29) is 5.91 Å². The van der Waals surface area contributed by atoms with Crippen molar-refractivity contribution in [1.82, 2.24) is 19.9 Å². The number of aromatic nitrogens is 2. The second kappa shape index (κ2) is 9.68. The van der Waals surface area contributed by atoms with Gasteiger partial charge >= 0.3 is 0 Å². The summed E-state index contributed by atoms with van der Waals surface area (Å²) in [5.41, 5.74) is 8.13. The highest BCUT2D eigenvalue weighted by Crippen LogP contribution is 2.28. The van der Waals surface area contributed by atoms with E-state index in [0.717, 1.165) is 34.5 Å². The number of hydrogen-bond acceptors (Lipinski definition) is 6. The number of fused-ring (bicyclic) bond motifs is 1. The van der Waals surface area contributed by atoms with Crippen molar-refractivity contribution in [2.45, 2.75) is 19.4 Å². The molecule has 2 heterocycles. The first kappa shape index (κ1) is 22.3. The summed E-state index contributed by atoms with van der Waals surface area (Å²) in [4.78, 5) is 23.8. The van der Waals surface area contributed by atoms with Crippen LogP contribution >= 0.6 is 0 Å². The van der Waals surface area contributed by atoms with Crippen molar-refractivity contribution >= 4 is 17.8 Å². The number of imidazole rings is 1. The zero-order chi connectivity index (χ0) is 23.4. The molecule has 33 heavy (non-hydrogen) atoms. The number of carbonyl (C=O) groups is 1. The summed E-state index contributed by atoms with van der Waals surface area (Å²) in [7, 11) is 5.18. The van der Waals surface area contributed by atoms with E-state index in [1.54, 1.807) is 31.6 Å². The van der Waals surface area contributed by atoms with Crippen LogP contribution in [0.3, 0.4) is 0 Å². The van der Waals surface area contributed by atoms with Crippen LogP contribution in [0.4, 0.5) is 0 Å². The van der Waals surface area contributed by atoms with Gasteiger partial charge in [-0.15, -0.1) is 0 Å². The molecule has 170 valence electrons. The maximum atomic E-state index is 13.0. The lowest BCUT2D eigenvalue weighted by atomic mass is 9.99. The number of nitrogens with zero attached hydrogens (tertiary/aromatic N) is 5. The molecule has 0 spiro atoms. The van der Waals surface area contributed by atoms with Gasteiger partial charge < -0.3 is 19.6 Å². The van der Waals surface area contributed by atoms with Crippen LogP contribution < -0.4 is 10.2 Å². The molecule has 1 amide bonds. The van der Waals surface area contributed by atoms with Crippen molar-refractivity contribution in [1.29, 1.82) is 0 Å². The Labute approximate surface area is 193 Å². The Morgan fingerprint density at radius 3 is 2.82 bits per heavy atom. The number of carbonyl (C=O) groups excluding carboxylic acids is 1. The van der Waals surface area contributed by atoms with Gasteiger partial charge in [-0.05, 0) is 36.6 Å². The maximum Gasteiger partial charge on any atom is 0.251 e. The molecule has 0 radical (unpaired) electrons.